The number of amides is 2. The van der Waals surface area contributed by atoms with Crippen LogP contribution in [0.2, 0.25) is 0 Å². The van der Waals surface area contributed by atoms with E-state index in [1.807, 2.05) is 4.90 Å². The van der Waals surface area contributed by atoms with Crippen molar-refractivity contribution in [2.45, 2.75) is 50.4 Å². The van der Waals surface area contributed by atoms with Crippen molar-refractivity contribution >= 4 is 23.3 Å². The predicted octanol–water partition coefficient (Wildman–Crippen LogP) is 3.80. The topological polar surface area (TPSA) is 80.5 Å². The highest BCUT2D eigenvalue weighted by molar-refractivity contribution is 5.99. The summed E-state index contributed by atoms with van der Waals surface area (Å²) in [5, 5.41) is 9.70. The van der Waals surface area contributed by atoms with Gasteiger partial charge in [-0.05, 0) is 73.3 Å². The van der Waals surface area contributed by atoms with Crippen molar-refractivity contribution in [2.75, 3.05) is 42.5 Å². The third kappa shape index (κ3) is 3.91. The monoisotopic (exact) mass is 455 g/mol. The van der Waals surface area contributed by atoms with Crippen molar-refractivity contribution in [1.82, 2.24) is 9.88 Å². The minimum absolute atomic E-state index is 0.0726. The van der Waals surface area contributed by atoms with Crippen molar-refractivity contribution in [1.29, 1.82) is 5.26 Å². The molecule has 2 aromatic rings. The van der Waals surface area contributed by atoms with Gasteiger partial charge >= 0.3 is 0 Å². The van der Waals surface area contributed by atoms with Gasteiger partial charge in [0.2, 0.25) is 5.91 Å². The van der Waals surface area contributed by atoms with Crippen LogP contribution in [0.15, 0.2) is 30.5 Å². The van der Waals surface area contributed by atoms with Crippen LogP contribution in [0.3, 0.4) is 0 Å². The van der Waals surface area contributed by atoms with Gasteiger partial charge in [0.1, 0.15) is 11.9 Å². The number of hydrogen-bond donors (Lipinski definition) is 0. The molecule has 7 heteroatoms. The Morgan fingerprint density at radius 1 is 1.00 bits per heavy atom. The Morgan fingerprint density at radius 3 is 2.41 bits per heavy atom. The quantitative estimate of drug-likeness (QED) is 0.685. The molecule has 0 N–H and O–H groups in total. The highest BCUT2D eigenvalue weighted by Gasteiger charge is 2.33. The van der Waals surface area contributed by atoms with Gasteiger partial charge in [-0.15, -0.1) is 0 Å². The highest BCUT2D eigenvalue weighted by atomic mass is 16.2. The summed E-state index contributed by atoms with van der Waals surface area (Å²) in [4.78, 5) is 36.1. The fourth-order valence-corrected chi connectivity index (χ4v) is 5.28. The SMILES string of the molecule is N#Cc1cc(N2CCCC2=O)ccc1C(=O)N1CCN(c2ncc(C3CC3)cc2C2CC2)CC1. The molecule has 4 fully saturated rings. The molecule has 0 unspecified atom stereocenters. The second-order valence-corrected chi connectivity index (χ2v) is 10.00. The van der Waals surface area contributed by atoms with Crippen LogP contribution < -0.4 is 9.80 Å². The number of nitriles is 1. The number of benzene rings is 1. The summed E-state index contributed by atoms with van der Waals surface area (Å²) in [5.74, 6) is 2.40. The van der Waals surface area contributed by atoms with Gasteiger partial charge in [0.15, 0.2) is 0 Å². The zero-order valence-corrected chi connectivity index (χ0v) is 19.4. The van der Waals surface area contributed by atoms with Crippen LogP contribution in [0.4, 0.5) is 11.5 Å². The third-order valence-corrected chi connectivity index (χ3v) is 7.59. The largest absolute Gasteiger partial charge is 0.353 e. The molecule has 0 bridgehead atoms. The van der Waals surface area contributed by atoms with E-state index >= 15 is 0 Å². The van der Waals surface area contributed by atoms with Gasteiger partial charge in [0.05, 0.1) is 11.1 Å². The Bertz CT molecular complexity index is 1190. The molecule has 0 atom stereocenters. The summed E-state index contributed by atoms with van der Waals surface area (Å²) in [7, 11) is 0. The number of carbonyl (C=O) groups excluding carboxylic acids is 2. The minimum Gasteiger partial charge on any atom is -0.353 e. The van der Waals surface area contributed by atoms with E-state index in [2.05, 4.69) is 23.2 Å². The second-order valence-electron chi connectivity index (χ2n) is 10.00. The molecule has 2 aliphatic carbocycles. The van der Waals surface area contributed by atoms with Crippen LogP contribution in [0.25, 0.3) is 0 Å². The molecule has 2 saturated carbocycles. The van der Waals surface area contributed by atoms with Gasteiger partial charge in [-0.2, -0.15) is 5.26 Å². The molecule has 4 aliphatic rings. The van der Waals surface area contributed by atoms with E-state index in [9.17, 15) is 14.9 Å². The summed E-state index contributed by atoms with van der Waals surface area (Å²) in [6, 6.07) is 9.74. The Balaban J connectivity index is 1.16. The Morgan fingerprint density at radius 2 is 1.76 bits per heavy atom. The summed E-state index contributed by atoms with van der Waals surface area (Å²) in [6.07, 6.45) is 8.48. The van der Waals surface area contributed by atoms with E-state index in [0.717, 1.165) is 25.3 Å². The lowest BCUT2D eigenvalue weighted by Crippen LogP contribution is -2.49. The third-order valence-electron chi connectivity index (χ3n) is 7.59. The molecule has 6 rings (SSSR count). The fourth-order valence-electron chi connectivity index (χ4n) is 5.28. The molecule has 1 aromatic carbocycles. The van der Waals surface area contributed by atoms with Crippen molar-refractivity contribution in [3.8, 4) is 6.07 Å². The molecule has 2 aliphatic heterocycles. The minimum atomic E-state index is -0.116. The molecule has 3 heterocycles. The standard InChI is InChI=1S/C27H29N5O2/c28-16-20-14-22(32-9-1-2-25(32)33)7-8-23(20)27(34)31-12-10-30(11-13-31)26-24(19-5-6-19)15-21(17-29-26)18-3-4-18/h7-8,14-15,17-19H,1-6,9-13H2. The lowest BCUT2D eigenvalue weighted by Gasteiger charge is -2.36. The Kier molecular flexibility index (Phi) is 5.24. The van der Waals surface area contributed by atoms with Crippen molar-refractivity contribution in [3.05, 3.63) is 52.7 Å². The van der Waals surface area contributed by atoms with Crippen LogP contribution in [-0.4, -0.2) is 54.4 Å². The number of nitrogens with zero attached hydrogens (tertiary/aromatic N) is 5. The molecule has 174 valence electrons. The Labute approximate surface area is 200 Å². The van der Waals surface area contributed by atoms with Crippen molar-refractivity contribution in [2.24, 2.45) is 0 Å². The van der Waals surface area contributed by atoms with Gasteiger partial charge in [0, 0.05) is 51.0 Å². The zero-order chi connectivity index (χ0) is 23.2. The van der Waals surface area contributed by atoms with E-state index in [1.54, 1.807) is 23.1 Å². The molecular weight excluding hydrogens is 426 g/mol. The van der Waals surface area contributed by atoms with E-state index in [4.69, 9.17) is 4.98 Å². The summed E-state index contributed by atoms with van der Waals surface area (Å²) >= 11 is 0. The van der Waals surface area contributed by atoms with Gasteiger partial charge in [-0.1, -0.05) is 6.07 Å². The lowest BCUT2D eigenvalue weighted by atomic mass is 10.0. The molecule has 2 amide bonds. The normalized spacial score (nSPS) is 20.6. The second kappa shape index (κ2) is 8.43. The Hall–Kier alpha value is -3.40. The van der Waals surface area contributed by atoms with Gasteiger partial charge in [0.25, 0.3) is 5.91 Å². The molecule has 7 nitrogen and oxygen atoms in total. The molecular formula is C27H29N5O2. The molecule has 1 aromatic heterocycles. The van der Waals surface area contributed by atoms with E-state index in [0.29, 0.717) is 54.7 Å². The zero-order valence-electron chi connectivity index (χ0n) is 19.4. The van der Waals surface area contributed by atoms with Gasteiger partial charge in [-0.3, -0.25) is 9.59 Å². The molecule has 34 heavy (non-hydrogen) atoms. The molecule has 2 saturated heterocycles. The van der Waals surface area contributed by atoms with E-state index < -0.39 is 0 Å². The smallest absolute Gasteiger partial charge is 0.255 e. The maximum absolute atomic E-state index is 13.3. The van der Waals surface area contributed by atoms with Crippen LogP contribution >= 0.6 is 0 Å². The van der Waals surface area contributed by atoms with Crippen LogP contribution in [0.5, 0.6) is 0 Å². The maximum Gasteiger partial charge on any atom is 0.255 e. The first-order chi connectivity index (χ1) is 16.6. The summed E-state index contributed by atoms with van der Waals surface area (Å²) in [6.45, 7) is 3.35. The van der Waals surface area contributed by atoms with Crippen molar-refractivity contribution in [3.63, 3.8) is 0 Å². The van der Waals surface area contributed by atoms with Crippen LogP contribution in [0, 0.1) is 11.3 Å². The van der Waals surface area contributed by atoms with Gasteiger partial charge in [-0.25, -0.2) is 4.98 Å². The maximum atomic E-state index is 13.3. The first-order valence-corrected chi connectivity index (χ1v) is 12.5. The number of pyridine rings is 1. The number of piperazine rings is 1. The van der Waals surface area contributed by atoms with E-state index in [1.165, 1.54) is 36.8 Å². The van der Waals surface area contributed by atoms with Crippen LogP contribution in [0.1, 0.15) is 77.4 Å². The predicted molar refractivity (Wildman–Crippen MR) is 129 cm³/mol. The van der Waals surface area contributed by atoms with E-state index in [-0.39, 0.29) is 11.8 Å². The first kappa shape index (κ1) is 21.2. The summed E-state index contributed by atoms with van der Waals surface area (Å²) < 4.78 is 0. The van der Waals surface area contributed by atoms with Crippen molar-refractivity contribution < 1.29 is 9.59 Å². The average Bonchev–Trinajstić information content (AvgIpc) is 3.81. The van der Waals surface area contributed by atoms with Crippen LogP contribution in [-0.2, 0) is 4.79 Å². The highest BCUT2D eigenvalue weighted by Crippen LogP contribution is 2.47. The number of rotatable bonds is 5. The van der Waals surface area contributed by atoms with Gasteiger partial charge < -0.3 is 14.7 Å². The number of anilines is 2. The molecule has 0 radical (unpaired) electrons. The lowest BCUT2D eigenvalue weighted by molar-refractivity contribution is -0.117. The number of hydrogen-bond acceptors (Lipinski definition) is 5. The first-order valence-electron chi connectivity index (χ1n) is 12.5. The average molecular weight is 456 g/mol. The number of aromatic nitrogens is 1. The number of carbonyl (C=O) groups is 2. The summed E-state index contributed by atoms with van der Waals surface area (Å²) in [5.41, 5.74) is 4.23. The fraction of sp³-hybridized carbons (Fsp3) is 0.481. The molecule has 0 spiro atoms.